The average molecular weight is 461 g/mol. The minimum atomic E-state index is -1.63. The van der Waals surface area contributed by atoms with Crippen LogP contribution in [0.2, 0.25) is 0 Å². The van der Waals surface area contributed by atoms with Crippen LogP contribution in [0.15, 0.2) is 11.1 Å². The predicted octanol–water partition coefficient (Wildman–Crippen LogP) is 2.44. The third kappa shape index (κ3) is 11.2. The van der Waals surface area contributed by atoms with E-state index in [4.69, 9.17) is 18.9 Å². The number of carbonyl (C=O) groups excluding carboxylic acids is 2. The Bertz CT molecular complexity index is 587. The van der Waals surface area contributed by atoms with Crippen LogP contribution in [-0.2, 0) is 38.1 Å². The minimum absolute atomic E-state index is 0.0994. The molecule has 0 bridgehead atoms. The van der Waals surface area contributed by atoms with Gasteiger partial charge in [-0.05, 0) is 26.7 Å². The van der Waals surface area contributed by atoms with E-state index in [0.29, 0.717) is 13.2 Å². The molecule has 0 radical (unpaired) electrons. The summed E-state index contributed by atoms with van der Waals surface area (Å²) in [4.78, 5) is 48.2. The van der Waals surface area contributed by atoms with Crippen LogP contribution in [-0.4, -0.2) is 73.7 Å². The van der Waals surface area contributed by atoms with E-state index in [9.17, 15) is 29.4 Å². The zero-order valence-electron chi connectivity index (χ0n) is 19.4. The summed E-state index contributed by atoms with van der Waals surface area (Å²) < 4.78 is 20.5. The highest BCUT2D eigenvalue weighted by atomic mass is 16.6. The summed E-state index contributed by atoms with van der Waals surface area (Å²) in [5, 5.41) is 19.2. The van der Waals surface area contributed by atoms with Gasteiger partial charge in [-0.2, -0.15) is 0 Å². The SMILES string of the molecule is CCCCOCCOC(=O)C(C)C(C(=O)O)=C(C(=O)O)C(C)C(=O)OCCOCCCC. The van der Waals surface area contributed by atoms with E-state index in [-0.39, 0.29) is 26.4 Å². The van der Waals surface area contributed by atoms with Gasteiger partial charge in [0.1, 0.15) is 13.2 Å². The second-order valence-corrected chi connectivity index (χ2v) is 7.15. The molecule has 0 saturated heterocycles. The Labute approximate surface area is 188 Å². The van der Waals surface area contributed by atoms with Crippen LogP contribution >= 0.6 is 0 Å². The molecule has 0 heterocycles. The van der Waals surface area contributed by atoms with Gasteiger partial charge in [-0.1, -0.05) is 26.7 Å². The van der Waals surface area contributed by atoms with Gasteiger partial charge >= 0.3 is 23.9 Å². The van der Waals surface area contributed by atoms with Crippen molar-refractivity contribution in [2.24, 2.45) is 11.8 Å². The fraction of sp³-hybridized carbons (Fsp3) is 0.727. The number of hydrogen-bond acceptors (Lipinski definition) is 8. The van der Waals surface area contributed by atoms with Gasteiger partial charge in [0.25, 0.3) is 0 Å². The van der Waals surface area contributed by atoms with Crippen LogP contribution in [0.4, 0.5) is 0 Å². The summed E-state index contributed by atoms with van der Waals surface area (Å²) >= 11 is 0. The Hall–Kier alpha value is -2.46. The van der Waals surface area contributed by atoms with Crippen molar-refractivity contribution >= 4 is 23.9 Å². The van der Waals surface area contributed by atoms with Crippen molar-refractivity contribution in [3.05, 3.63) is 11.1 Å². The normalized spacial score (nSPS) is 13.6. The topological polar surface area (TPSA) is 146 Å². The van der Waals surface area contributed by atoms with Crippen molar-refractivity contribution in [1.82, 2.24) is 0 Å². The molecule has 184 valence electrons. The lowest BCUT2D eigenvalue weighted by atomic mass is 9.88. The number of aliphatic carboxylic acids is 2. The summed E-state index contributed by atoms with van der Waals surface area (Å²) in [6.07, 6.45) is 3.62. The number of esters is 2. The molecule has 2 N–H and O–H groups in total. The largest absolute Gasteiger partial charge is 0.478 e. The molecule has 10 nitrogen and oxygen atoms in total. The number of carbonyl (C=O) groups is 4. The maximum absolute atomic E-state index is 12.3. The van der Waals surface area contributed by atoms with E-state index in [1.54, 1.807) is 0 Å². The van der Waals surface area contributed by atoms with Crippen molar-refractivity contribution < 1.29 is 48.3 Å². The molecule has 0 saturated carbocycles. The fourth-order valence-corrected chi connectivity index (χ4v) is 2.65. The molecular formula is C22H36O10. The molecular weight excluding hydrogens is 424 g/mol. The Morgan fingerprint density at radius 3 is 1.25 bits per heavy atom. The molecule has 0 aliphatic rings. The van der Waals surface area contributed by atoms with Crippen LogP contribution in [0.3, 0.4) is 0 Å². The third-order valence-electron chi connectivity index (χ3n) is 4.55. The van der Waals surface area contributed by atoms with Crippen LogP contribution in [0.5, 0.6) is 0 Å². The molecule has 0 spiro atoms. The van der Waals surface area contributed by atoms with Crippen LogP contribution in [0.25, 0.3) is 0 Å². The number of ether oxygens (including phenoxy) is 4. The molecule has 0 aromatic carbocycles. The third-order valence-corrected chi connectivity index (χ3v) is 4.55. The van der Waals surface area contributed by atoms with Gasteiger partial charge in [0, 0.05) is 13.2 Å². The highest BCUT2D eigenvalue weighted by Crippen LogP contribution is 2.25. The number of carboxylic acid groups (broad SMARTS) is 2. The Morgan fingerprint density at radius 1 is 0.625 bits per heavy atom. The van der Waals surface area contributed by atoms with Crippen molar-refractivity contribution in [2.45, 2.75) is 53.4 Å². The molecule has 0 fully saturated rings. The Balaban J connectivity index is 5.19. The summed E-state index contributed by atoms with van der Waals surface area (Å²) in [6, 6.07) is 0. The fourth-order valence-electron chi connectivity index (χ4n) is 2.65. The van der Waals surface area contributed by atoms with E-state index >= 15 is 0 Å². The smallest absolute Gasteiger partial charge is 0.333 e. The summed E-state index contributed by atoms with van der Waals surface area (Å²) in [7, 11) is 0. The zero-order chi connectivity index (χ0) is 24.5. The zero-order valence-corrected chi connectivity index (χ0v) is 19.4. The molecule has 0 aliphatic carbocycles. The Kier molecular flexibility index (Phi) is 15.8. The first kappa shape index (κ1) is 29.5. The standard InChI is InChI=1S/C22H36O10/c1-5-7-9-29-11-13-31-21(27)15(3)17(19(23)24)18(20(25)26)16(4)22(28)32-14-12-30-10-8-6-2/h15-16H,5-14H2,1-4H3,(H,23,24)(H,25,26). The number of carboxylic acids is 2. The first-order chi connectivity index (χ1) is 15.2. The maximum atomic E-state index is 12.3. The lowest BCUT2D eigenvalue weighted by molar-refractivity contribution is -0.152. The number of rotatable bonds is 18. The molecule has 2 atom stereocenters. The van der Waals surface area contributed by atoms with Crippen LogP contribution in [0, 0.1) is 11.8 Å². The van der Waals surface area contributed by atoms with Gasteiger partial charge in [-0.25, -0.2) is 9.59 Å². The summed E-state index contributed by atoms with van der Waals surface area (Å²) in [5.74, 6) is -7.94. The Morgan fingerprint density at radius 2 is 0.969 bits per heavy atom. The molecule has 0 aromatic heterocycles. The van der Waals surface area contributed by atoms with Gasteiger partial charge in [0.05, 0.1) is 36.2 Å². The van der Waals surface area contributed by atoms with Crippen molar-refractivity contribution in [1.29, 1.82) is 0 Å². The highest BCUT2D eigenvalue weighted by molar-refractivity contribution is 6.05. The van der Waals surface area contributed by atoms with E-state index in [1.165, 1.54) is 13.8 Å². The van der Waals surface area contributed by atoms with E-state index < -0.39 is 46.9 Å². The van der Waals surface area contributed by atoms with Crippen molar-refractivity contribution in [3.8, 4) is 0 Å². The monoisotopic (exact) mass is 460 g/mol. The summed E-state index contributed by atoms with van der Waals surface area (Å²) in [6.45, 7) is 7.53. The van der Waals surface area contributed by atoms with E-state index in [2.05, 4.69) is 0 Å². The first-order valence-corrected chi connectivity index (χ1v) is 10.9. The second-order valence-electron chi connectivity index (χ2n) is 7.15. The van der Waals surface area contributed by atoms with Crippen molar-refractivity contribution in [3.63, 3.8) is 0 Å². The predicted molar refractivity (Wildman–Crippen MR) is 114 cm³/mol. The van der Waals surface area contributed by atoms with Crippen LogP contribution < -0.4 is 0 Å². The second kappa shape index (κ2) is 17.1. The highest BCUT2D eigenvalue weighted by Gasteiger charge is 2.36. The number of hydrogen-bond donors (Lipinski definition) is 2. The van der Waals surface area contributed by atoms with E-state index in [1.807, 2.05) is 13.8 Å². The maximum Gasteiger partial charge on any atom is 0.333 e. The lowest BCUT2D eigenvalue weighted by Crippen LogP contribution is -2.30. The molecule has 0 amide bonds. The minimum Gasteiger partial charge on any atom is -0.478 e. The van der Waals surface area contributed by atoms with E-state index in [0.717, 1.165) is 25.7 Å². The average Bonchev–Trinajstić information content (AvgIpc) is 2.74. The molecule has 0 aromatic rings. The van der Waals surface area contributed by atoms with Gasteiger partial charge in [0.15, 0.2) is 0 Å². The summed E-state index contributed by atoms with van der Waals surface area (Å²) in [5.41, 5.74) is -1.45. The van der Waals surface area contributed by atoms with Crippen molar-refractivity contribution in [2.75, 3.05) is 39.6 Å². The first-order valence-electron chi connectivity index (χ1n) is 10.9. The van der Waals surface area contributed by atoms with Gasteiger partial charge in [-0.3, -0.25) is 9.59 Å². The molecule has 32 heavy (non-hydrogen) atoms. The molecule has 2 unspecified atom stereocenters. The van der Waals surface area contributed by atoms with Gasteiger partial charge < -0.3 is 29.2 Å². The van der Waals surface area contributed by atoms with Gasteiger partial charge in [0.2, 0.25) is 0 Å². The molecule has 0 aliphatic heterocycles. The lowest BCUT2D eigenvalue weighted by Gasteiger charge is -2.19. The number of unbranched alkanes of at least 4 members (excludes halogenated alkanes) is 2. The molecule has 0 rings (SSSR count). The van der Waals surface area contributed by atoms with Crippen LogP contribution in [0.1, 0.15) is 53.4 Å². The quantitative estimate of drug-likeness (QED) is 0.178. The van der Waals surface area contributed by atoms with Gasteiger partial charge in [-0.15, -0.1) is 0 Å². The molecule has 10 heteroatoms.